The molecule has 0 fully saturated rings. The number of nitrogens with zero attached hydrogens (tertiary/aromatic N) is 1. The molecule has 0 radical (unpaired) electrons. The van der Waals surface area contributed by atoms with Crippen molar-refractivity contribution < 1.29 is 4.79 Å². The highest BCUT2D eigenvalue weighted by Crippen LogP contribution is 2.18. The van der Waals surface area contributed by atoms with Crippen LogP contribution < -0.4 is 5.32 Å². The summed E-state index contributed by atoms with van der Waals surface area (Å²) in [5, 5.41) is 3.06. The molecule has 5 heteroatoms. The molecule has 1 heterocycles. The first-order valence-corrected chi connectivity index (χ1v) is 4.60. The number of anilines is 1. The average Bonchev–Trinajstić information content (AvgIpc) is 2.09. The van der Waals surface area contributed by atoms with Gasteiger partial charge in [0.2, 0.25) is 5.91 Å². The summed E-state index contributed by atoms with van der Waals surface area (Å²) in [5.41, 5.74) is 0.513. The predicted molar refractivity (Wildman–Crippen MR) is 53.2 cm³/mol. The van der Waals surface area contributed by atoms with Crippen LogP contribution >= 0.6 is 23.2 Å². The normalized spacial score (nSPS) is 9.69. The largest absolute Gasteiger partial charge is 0.323 e. The zero-order valence-corrected chi connectivity index (χ0v) is 8.27. The van der Waals surface area contributed by atoms with Crippen LogP contribution in [0.3, 0.4) is 0 Å². The molecule has 0 aliphatic carbocycles. The van der Waals surface area contributed by atoms with Crippen molar-refractivity contribution in [2.75, 3.05) is 11.2 Å². The molecule has 0 unspecified atom stereocenters. The van der Waals surface area contributed by atoms with Crippen LogP contribution in [0.2, 0.25) is 5.02 Å². The molecule has 1 aromatic rings. The Labute approximate surface area is 86.1 Å². The van der Waals surface area contributed by atoms with Crippen LogP contribution in [0.4, 0.5) is 5.69 Å². The molecule has 0 aromatic carbocycles. The highest BCUT2D eigenvalue weighted by atomic mass is 35.5. The molecule has 1 rings (SSSR count). The Balaban J connectivity index is 2.63. The van der Waals surface area contributed by atoms with Crippen LogP contribution in [0.15, 0.2) is 18.5 Å². The second-order valence-electron chi connectivity index (χ2n) is 2.34. The zero-order valence-electron chi connectivity index (χ0n) is 6.76. The third-order valence-electron chi connectivity index (χ3n) is 1.36. The summed E-state index contributed by atoms with van der Waals surface area (Å²) < 4.78 is 0. The minimum absolute atomic E-state index is 0.162. The summed E-state index contributed by atoms with van der Waals surface area (Å²) >= 11 is 11.2. The van der Waals surface area contributed by atoms with Gasteiger partial charge in [-0.3, -0.25) is 9.78 Å². The molecular weight excluding hydrogens is 211 g/mol. The summed E-state index contributed by atoms with van der Waals surface area (Å²) in [6.07, 6.45) is 3.32. The predicted octanol–water partition coefficient (Wildman–Crippen LogP) is 2.30. The van der Waals surface area contributed by atoms with Gasteiger partial charge in [-0.25, -0.2) is 0 Å². The first kappa shape index (κ1) is 10.3. The zero-order chi connectivity index (χ0) is 9.68. The van der Waals surface area contributed by atoms with Crippen molar-refractivity contribution in [3.05, 3.63) is 23.5 Å². The smallest absolute Gasteiger partial charge is 0.225 e. The maximum absolute atomic E-state index is 11.1. The van der Waals surface area contributed by atoms with Crippen LogP contribution in [0, 0.1) is 0 Å². The van der Waals surface area contributed by atoms with E-state index in [4.69, 9.17) is 23.2 Å². The lowest BCUT2D eigenvalue weighted by atomic mass is 10.4. The molecular formula is C8H8Cl2N2O. The first-order valence-electron chi connectivity index (χ1n) is 3.69. The maximum atomic E-state index is 11.1. The minimum atomic E-state index is -0.162. The summed E-state index contributed by atoms with van der Waals surface area (Å²) in [6, 6.07) is 1.61. The lowest BCUT2D eigenvalue weighted by Gasteiger charge is -2.04. The van der Waals surface area contributed by atoms with E-state index in [-0.39, 0.29) is 12.3 Å². The van der Waals surface area contributed by atoms with Crippen molar-refractivity contribution in [1.82, 2.24) is 4.98 Å². The number of hydrogen-bond donors (Lipinski definition) is 1. The number of halogens is 2. The van der Waals surface area contributed by atoms with E-state index in [9.17, 15) is 4.79 Å². The number of rotatable bonds is 3. The topological polar surface area (TPSA) is 42.0 Å². The van der Waals surface area contributed by atoms with Crippen LogP contribution in [-0.2, 0) is 4.79 Å². The van der Waals surface area contributed by atoms with Crippen molar-refractivity contribution in [3.63, 3.8) is 0 Å². The summed E-state index contributed by atoms with van der Waals surface area (Å²) in [6.45, 7) is 0. The molecule has 0 bridgehead atoms. The highest BCUT2D eigenvalue weighted by molar-refractivity contribution is 6.33. The molecule has 13 heavy (non-hydrogen) atoms. The van der Waals surface area contributed by atoms with Gasteiger partial charge in [0.15, 0.2) is 0 Å². The average molecular weight is 219 g/mol. The minimum Gasteiger partial charge on any atom is -0.323 e. The van der Waals surface area contributed by atoms with Gasteiger partial charge in [0.05, 0.1) is 16.9 Å². The van der Waals surface area contributed by atoms with E-state index in [1.54, 1.807) is 12.3 Å². The molecule has 0 aliphatic heterocycles. The monoisotopic (exact) mass is 218 g/mol. The van der Waals surface area contributed by atoms with E-state index >= 15 is 0 Å². The number of carbonyl (C=O) groups is 1. The number of alkyl halides is 1. The van der Waals surface area contributed by atoms with Gasteiger partial charge in [0.1, 0.15) is 0 Å². The van der Waals surface area contributed by atoms with Crippen molar-refractivity contribution in [2.24, 2.45) is 0 Å². The summed E-state index contributed by atoms with van der Waals surface area (Å²) in [4.78, 5) is 14.9. The molecule has 1 amide bonds. The van der Waals surface area contributed by atoms with E-state index in [0.29, 0.717) is 16.6 Å². The van der Waals surface area contributed by atoms with Crippen molar-refractivity contribution >= 4 is 34.8 Å². The second kappa shape index (κ2) is 5.04. The van der Waals surface area contributed by atoms with E-state index in [0.717, 1.165) is 0 Å². The Hall–Kier alpha value is -0.800. The molecule has 70 valence electrons. The first-order chi connectivity index (χ1) is 6.24. The van der Waals surface area contributed by atoms with Gasteiger partial charge in [-0.1, -0.05) is 11.6 Å². The molecule has 1 N–H and O–H groups in total. The van der Waals surface area contributed by atoms with Crippen molar-refractivity contribution in [1.29, 1.82) is 0 Å². The maximum Gasteiger partial charge on any atom is 0.225 e. The van der Waals surface area contributed by atoms with Crippen molar-refractivity contribution in [3.8, 4) is 0 Å². The SMILES string of the molecule is O=C(CCCl)Nc1cnccc1Cl. The highest BCUT2D eigenvalue weighted by Gasteiger charge is 2.03. The number of aromatic nitrogens is 1. The number of carbonyl (C=O) groups excluding carboxylic acids is 1. The van der Waals surface area contributed by atoms with Crippen LogP contribution in [-0.4, -0.2) is 16.8 Å². The Morgan fingerprint density at radius 1 is 1.62 bits per heavy atom. The van der Waals surface area contributed by atoms with Gasteiger partial charge in [-0.05, 0) is 6.07 Å². The molecule has 1 aromatic heterocycles. The fourth-order valence-corrected chi connectivity index (χ4v) is 1.09. The Morgan fingerprint density at radius 2 is 2.38 bits per heavy atom. The van der Waals surface area contributed by atoms with Gasteiger partial charge >= 0.3 is 0 Å². The number of pyridine rings is 1. The van der Waals surface area contributed by atoms with Gasteiger partial charge < -0.3 is 5.32 Å². The number of nitrogens with one attached hydrogen (secondary N) is 1. The summed E-state index contributed by atoms with van der Waals surface area (Å²) in [5.74, 6) is 0.133. The lowest BCUT2D eigenvalue weighted by Crippen LogP contribution is -2.12. The Bertz CT molecular complexity index is 304. The third-order valence-corrected chi connectivity index (χ3v) is 1.88. The third kappa shape index (κ3) is 3.20. The molecule has 3 nitrogen and oxygen atoms in total. The van der Waals surface area contributed by atoms with Crippen molar-refractivity contribution in [2.45, 2.75) is 6.42 Å². The molecule has 0 atom stereocenters. The van der Waals surface area contributed by atoms with E-state index < -0.39 is 0 Å². The van der Waals surface area contributed by atoms with E-state index in [1.165, 1.54) is 6.20 Å². The van der Waals surface area contributed by atoms with E-state index in [2.05, 4.69) is 10.3 Å². The van der Waals surface area contributed by atoms with Gasteiger partial charge in [-0.2, -0.15) is 0 Å². The standard InChI is InChI=1S/C8H8Cl2N2O/c9-3-1-8(13)12-7-5-11-4-2-6(7)10/h2,4-5H,1,3H2,(H,12,13). The number of amides is 1. The fourth-order valence-electron chi connectivity index (χ4n) is 0.768. The van der Waals surface area contributed by atoms with Crippen LogP contribution in [0.1, 0.15) is 6.42 Å². The second-order valence-corrected chi connectivity index (χ2v) is 3.13. The molecule has 0 aliphatic rings. The fraction of sp³-hybridized carbons (Fsp3) is 0.250. The van der Waals surface area contributed by atoms with Gasteiger partial charge in [0.25, 0.3) is 0 Å². The number of hydrogen-bond acceptors (Lipinski definition) is 2. The quantitative estimate of drug-likeness (QED) is 0.792. The Morgan fingerprint density at radius 3 is 3.00 bits per heavy atom. The van der Waals surface area contributed by atoms with Gasteiger partial charge in [-0.15, -0.1) is 11.6 Å². The summed E-state index contributed by atoms with van der Waals surface area (Å²) in [7, 11) is 0. The van der Waals surface area contributed by atoms with Crippen LogP contribution in [0.5, 0.6) is 0 Å². The van der Waals surface area contributed by atoms with E-state index in [1.807, 2.05) is 0 Å². The Kier molecular flexibility index (Phi) is 3.99. The molecule has 0 spiro atoms. The van der Waals surface area contributed by atoms with Crippen LogP contribution in [0.25, 0.3) is 0 Å². The molecule has 0 saturated heterocycles. The van der Waals surface area contributed by atoms with Gasteiger partial charge in [0, 0.05) is 18.5 Å². The lowest BCUT2D eigenvalue weighted by molar-refractivity contribution is -0.115. The molecule has 0 saturated carbocycles.